The van der Waals surface area contributed by atoms with Crippen LogP contribution < -0.4 is 14.2 Å². The molecule has 1 heterocycles. The minimum absolute atomic E-state index is 0.417. The molecular weight excluding hydrogens is 380 g/mol. The van der Waals surface area contributed by atoms with Gasteiger partial charge in [0.05, 0.1) is 19.8 Å². The van der Waals surface area contributed by atoms with E-state index in [4.69, 9.17) is 18.9 Å². The first kappa shape index (κ1) is 19.3. The summed E-state index contributed by atoms with van der Waals surface area (Å²) in [6, 6.07) is 22.3. The van der Waals surface area contributed by atoms with Crippen LogP contribution in [0.1, 0.15) is 11.1 Å². The number of hydrogen-bond donors (Lipinski definition) is 0. The summed E-state index contributed by atoms with van der Waals surface area (Å²) in [7, 11) is 3.17. The normalized spacial score (nSPS) is 14.3. The van der Waals surface area contributed by atoms with Gasteiger partial charge in [-0.25, -0.2) is 4.79 Å². The number of methoxy groups -OCH3 is 2. The van der Waals surface area contributed by atoms with Crippen molar-refractivity contribution in [3.05, 3.63) is 95.6 Å². The molecule has 0 radical (unpaired) electrons. The lowest BCUT2D eigenvalue weighted by molar-refractivity contribution is -0.130. The first-order valence-corrected chi connectivity index (χ1v) is 9.37. The van der Waals surface area contributed by atoms with Gasteiger partial charge in [-0.15, -0.1) is 0 Å². The Morgan fingerprint density at radius 1 is 0.800 bits per heavy atom. The number of carbonyl (C=O) groups excluding carboxylic acids is 1. The third kappa shape index (κ3) is 4.20. The number of cyclic esters (lactones) is 1. The fourth-order valence-electron chi connectivity index (χ4n) is 3.06. The summed E-state index contributed by atoms with van der Waals surface area (Å²) in [6.45, 7) is 0. The first-order valence-electron chi connectivity index (χ1n) is 9.37. The highest BCUT2D eigenvalue weighted by Gasteiger charge is 2.22. The number of esters is 1. The van der Waals surface area contributed by atoms with Crippen LogP contribution >= 0.6 is 0 Å². The van der Waals surface area contributed by atoms with Gasteiger partial charge in [0.1, 0.15) is 28.8 Å². The van der Waals surface area contributed by atoms with Crippen molar-refractivity contribution in [2.45, 2.75) is 0 Å². The highest BCUT2D eigenvalue weighted by molar-refractivity contribution is 6.05. The van der Waals surface area contributed by atoms with E-state index in [0.717, 1.165) is 16.9 Å². The molecule has 1 aliphatic heterocycles. The Kier molecular flexibility index (Phi) is 5.52. The molecule has 0 saturated heterocycles. The smallest absolute Gasteiger partial charge is 0.343 e. The van der Waals surface area contributed by atoms with Crippen LogP contribution in [0.4, 0.5) is 0 Å². The number of hydrogen-bond acceptors (Lipinski definition) is 5. The summed E-state index contributed by atoms with van der Waals surface area (Å²) in [6.07, 6.45) is 3.44. The minimum Gasteiger partial charge on any atom is -0.497 e. The Hall–Kier alpha value is -3.99. The summed E-state index contributed by atoms with van der Waals surface area (Å²) >= 11 is 0. The van der Waals surface area contributed by atoms with Gasteiger partial charge in [-0.3, -0.25) is 0 Å². The van der Waals surface area contributed by atoms with Crippen molar-refractivity contribution in [1.82, 2.24) is 0 Å². The quantitative estimate of drug-likeness (QED) is 0.405. The average molecular weight is 400 g/mol. The number of carbonyl (C=O) groups is 1. The molecule has 0 saturated carbocycles. The monoisotopic (exact) mass is 400 g/mol. The molecule has 0 fully saturated rings. The number of para-hydroxylation sites is 1. The molecule has 0 amide bonds. The second-order valence-corrected chi connectivity index (χ2v) is 6.55. The van der Waals surface area contributed by atoms with Crippen LogP contribution in [0, 0.1) is 0 Å². The summed E-state index contributed by atoms with van der Waals surface area (Å²) in [5.74, 6) is 2.84. The standard InChI is InChI=1S/C25H20O5/c1-27-22-12-13-23(28-2)18(15-22)14-19-16-24(30-25(19)26)17-8-10-21(11-9-17)29-20-6-4-3-5-7-20/h3-16H,1-2H3/b19-14+. The Bertz CT molecular complexity index is 1110. The summed E-state index contributed by atoms with van der Waals surface area (Å²) in [5.41, 5.74) is 1.94. The predicted molar refractivity (Wildman–Crippen MR) is 115 cm³/mol. The van der Waals surface area contributed by atoms with Gasteiger partial charge in [0.15, 0.2) is 0 Å². The topological polar surface area (TPSA) is 54.0 Å². The zero-order chi connectivity index (χ0) is 20.9. The zero-order valence-corrected chi connectivity index (χ0v) is 16.6. The van der Waals surface area contributed by atoms with Crippen molar-refractivity contribution in [2.75, 3.05) is 14.2 Å². The predicted octanol–water partition coefficient (Wildman–Crippen LogP) is 5.48. The fraction of sp³-hybridized carbons (Fsp3) is 0.0800. The number of benzene rings is 3. The van der Waals surface area contributed by atoms with Crippen molar-refractivity contribution in [3.63, 3.8) is 0 Å². The Morgan fingerprint density at radius 2 is 1.50 bits per heavy atom. The van der Waals surface area contributed by atoms with Gasteiger partial charge in [-0.1, -0.05) is 18.2 Å². The molecule has 0 aromatic heterocycles. The highest BCUT2D eigenvalue weighted by Crippen LogP contribution is 2.32. The van der Waals surface area contributed by atoms with Crippen LogP contribution in [0.5, 0.6) is 23.0 Å². The molecule has 30 heavy (non-hydrogen) atoms. The maximum Gasteiger partial charge on any atom is 0.343 e. The van der Waals surface area contributed by atoms with E-state index >= 15 is 0 Å². The van der Waals surface area contributed by atoms with E-state index in [1.54, 1.807) is 44.6 Å². The SMILES string of the molecule is COc1ccc(OC)c(/C=C2\C=C(c3ccc(Oc4ccccc4)cc3)OC2=O)c1. The van der Waals surface area contributed by atoms with Crippen LogP contribution in [0.3, 0.4) is 0 Å². The lowest BCUT2D eigenvalue weighted by Gasteiger charge is -2.07. The van der Waals surface area contributed by atoms with Crippen molar-refractivity contribution in [2.24, 2.45) is 0 Å². The largest absolute Gasteiger partial charge is 0.497 e. The summed E-state index contributed by atoms with van der Waals surface area (Å²) in [4.78, 5) is 12.4. The molecule has 0 aliphatic carbocycles. The highest BCUT2D eigenvalue weighted by atomic mass is 16.5. The van der Waals surface area contributed by atoms with Gasteiger partial charge in [0.2, 0.25) is 0 Å². The fourth-order valence-corrected chi connectivity index (χ4v) is 3.06. The molecule has 0 atom stereocenters. The molecule has 1 aliphatic rings. The molecule has 5 heteroatoms. The molecule has 0 N–H and O–H groups in total. The number of ether oxygens (including phenoxy) is 4. The number of rotatable bonds is 6. The maximum atomic E-state index is 12.4. The lowest BCUT2D eigenvalue weighted by Crippen LogP contribution is -1.98. The molecular formula is C25H20O5. The van der Waals surface area contributed by atoms with Crippen molar-refractivity contribution in [1.29, 1.82) is 0 Å². The Labute approximate surface area is 174 Å². The molecule has 0 spiro atoms. The Balaban J connectivity index is 1.57. The van der Waals surface area contributed by atoms with Gasteiger partial charge in [0.25, 0.3) is 0 Å². The van der Waals surface area contributed by atoms with Gasteiger partial charge >= 0.3 is 5.97 Å². The van der Waals surface area contributed by atoms with Crippen molar-refractivity contribution in [3.8, 4) is 23.0 Å². The van der Waals surface area contributed by atoms with E-state index in [-0.39, 0.29) is 0 Å². The summed E-state index contributed by atoms with van der Waals surface area (Å²) < 4.78 is 21.9. The molecule has 3 aromatic rings. The molecule has 5 nitrogen and oxygen atoms in total. The summed E-state index contributed by atoms with van der Waals surface area (Å²) in [5, 5.41) is 0. The molecule has 0 bridgehead atoms. The van der Waals surface area contributed by atoms with Crippen LogP contribution in [0.2, 0.25) is 0 Å². The zero-order valence-electron chi connectivity index (χ0n) is 16.6. The van der Waals surface area contributed by atoms with Gasteiger partial charge in [0, 0.05) is 11.1 Å². The maximum absolute atomic E-state index is 12.4. The van der Waals surface area contributed by atoms with Crippen molar-refractivity contribution >= 4 is 17.8 Å². The van der Waals surface area contributed by atoms with E-state index in [1.165, 1.54) is 0 Å². The first-order chi connectivity index (χ1) is 14.7. The van der Waals surface area contributed by atoms with Gasteiger partial charge < -0.3 is 18.9 Å². The van der Waals surface area contributed by atoms with E-state index in [0.29, 0.717) is 28.6 Å². The lowest BCUT2D eigenvalue weighted by atomic mass is 10.1. The van der Waals surface area contributed by atoms with Gasteiger partial charge in [-0.05, 0) is 66.7 Å². The molecule has 0 unspecified atom stereocenters. The second-order valence-electron chi connectivity index (χ2n) is 6.55. The van der Waals surface area contributed by atoms with E-state index in [2.05, 4.69) is 0 Å². The molecule has 3 aromatic carbocycles. The molecule has 4 rings (SSSR count). The van der Waals surface area contributed by atoms with Crippen LogP contribution in [0.25, 0.3) is 11.8 Å². The van der Waals surface area contributed by atoms with E-state index in [1.807, 2.05) is 54.6 Å². The second kappa shape index (κ2) is 8.57. The van der Waals surface area contributed by atoms with Crippen LogP contribution in [-0.4, -0.2) is 20.2 Å². The van der Waals surface area contributed by atoms with Crippen molar-refractivity contribution < 1.29 is 23.7 Å². The van der Waals surface area contributed by atoms with Crippen LogP contribution in [-0.2, 0) is 9.53 Å². The molecule has 150 valence electrons. The van der Waals surface area contributed by atoms with E-state index in [9.17, 15) is 4.79 Å². The van der Waals surface area contributed by atoms with Crippen LogP contribution in [0.15, 0.2) is 84.4 Å². The Morgan fingerprint density at radius 3 is 2.20 bits per heavy atom. The average Bonchev–Trinajstić information content (AvgIpc) is 3.15. The van der Waals surface area contributed by atoms with Gasteiger partial charge in [-0.2, -0.15) is 0 Å². The minimum atomic E-state index is -0.417. The van der Waals surface area contributed by atoms with E-state index < -0.39 is 5.97 Å². The third-order valence-corrected chi connectivity index (χ3v) is 4.59. The third-order valence-electron chi connectivity index (χ3n) is 4.59.